The maximum Gasteiger partial charge on any atom is 0.159 e. The molecule has 0 saturated heterocycles. The van der Waals surface area contributed by atoms with E-state index in [0.717, 1.165) is 28.5 Å². The summed E-state index contributed by atoms with van der Waals surface area (Å²) in [5.74, 6) is 0.407. The van der Waals surface area contributed by atoms with Crippen molar-refractivity contribution in [3.8, 4) is 34.2 Å². The molecule has 1 aromatic heterocycles. The van der Waals surface area contributed by atoms with Crippen LogP contribution in [0.4, 0.5) is 0 Å². The van der Waals surface area contributed by atoms with Crippen LogP contribution in [0.25, 0.3) is 27.7 Å². The molecule has 4 rings (SSSR count). The van der Waals surface area contributed by atoms with Crippen molar-refractivity contribution in [1.82, 2.24) is 15.0 Å². The topological polar surface area (TPSA) is 80.4 Å². The summed E-state index contributed by atoms with van der Waals surface area (Å²) >= 11 is 4.49. The number of hydrogen-bond donors (Lipinski definition) is 3. The molecule has 142 valence electrons. The SMILES string of the molecule is CCCOc1ccc2c(-c3c(S)nnn3-c3ccc(O)c(O)c3)cccc2c1. The highest BCUT2D eigenvalue weighted by Gasteiger charge is 2.17. The van der Waals surface area contributed by atoms with Gasteiger partial charge in [-0.3, -0.25) is 0 Å². The zero-order valence-corrected chi connectivity index (χ0v) is 16.1. The van der Waals surface area contributed by atoms with Gasteiger partial charge in [-0.1, -0.05) is 36.4 Å². The van der Waals surface area contributed by atoms with Gasteiger partial charge in [0.2, 0.25) is 0 Å². The first-order valence-corrected chi connectivity index (χ1v) is 9.36. The molecule has 1 heterocycles. The molecular formula is C21H19N3O3S. The molecule has 0 aliphatic carbocycles. The predicted octanol–water partition coefficient (Wildman–Crippen LogP) is 4.58. The van der Waals surface area contributed by atoms with Crippen LogP contribution >= 0.6 is 12.6 Å². The number of nitrogens with zero attached hydrogens (tertiary/aromatic N) is 3. The Morgan fingerprint density at radius 3 is 2.68 bits per heavy atom. The third-order valence-electron chi connectivity index (χ3n) is 4.44. The first-order valence-electron chi connectivity index (χ1n) is 8.91. The van der Waals surface area contributed by atoms with E-state index in [2.05, 4.69) is 29.9 Å². The summed E-state index contributed by atoms with van der Waals surface area (Å²) in [7, 11) is 0. The summed E-state index contributed by atoms with van der Waals surface area (Å²) < 4.78 is 7.33. The fraction of sp³-hybridized carbons (Fsp3) is 0.143. The number of rotatable bonds is 5. The van der Waals surface area contributed by atoms with Crippen LogP contribution in [0.1, 0.15) is 13.3 Å². The zero-order chi connectivity index (χ0) is 19.7. The molecule has 0 radical (unpaired) electrons. The van der Waals surface area contributed by atoms with E-state index in [0.29, 0.717) is 23.0 Å². The summed E-state index contributed by atoms with van der Waals surface area (Å²) in [6, 6.07) is 16.4. The average molecular weight is 393 g/mol. The third-order valence-corrected chi connectivity index (χ3v) is 4.74. The summed E-state index contributed by atoms with van der Waals surface area (Å²) in [6.07, 6.45) is 0.950. The normalized spacial score (nSPS) is 11.1. The van der Waals surface area contributed by atoms with Crippen molar-refractivity contribution >= 4 is 23.4 Å². The lowest BCUT2D eigenvalue weighted by Crippen LogP contribution is -2.00. The highest BCUT2D eigenvalue weighted by atomic mass is 32.1. The van der Waals surface area contributed by atoms with Crippen molar-refractivity contribution < 1.29 is 14.9 Å². The van der Waals surface area contributed by atoms with Crippen LogP contribution in [0.2, 0.25) is 0 Å². The second-order valence-corrected chi connectivity index (χ2v) is 6.81. The number of ether oxygens (including phenoxy) is 1. The minimum Gasteiger partial charge on any atom is -0.504 e. The van der Waals surface area contributed by atoms with Crippen LogP contribution in [-0.4, -0.2) is 31.8 Å². The van der Waals surface area contributed by atoms with E-state index in [1.54, 1.807) is 10.7 Å². The number of thiol groups is 1. The summed E-state index contributed by atoms with van der Waals surface area (Å²) in [4.78, 5) is 0. The van der Waals surface area contributed by atoms with Gasteiger partial charge in [-0.15, -0.1) is 17.7 Å². The molecule has 0 aliphatic heterocycles. The third kappa shape index (κ3) is 3.25. The van der Waals surface area contributed by atoms with E-state index in [4.69, 9.17) is 4.74 Å². The summed E-state index contributed by atoms with van der Waals surface area (Å²) in [5.41, 5.74) is 2.17. The molecule has 0 fully saturated rings. The van der Waals surface area contributed by atoms with E-state index >= 15 is 0 Å². The first-order chi connectivity index (χ1) is 13.6. The molecule has 0 aliphatic rings. The monoisotopic (exact) mass is 393 g/mol. The Labute approximate surface area is 167 Å². The summed E-state index contributed by atoms with van der Waals surface area (Å²) in [6.45, 7) is 2.75. The molecule has 6 nitrogen and oxygen atoms in total. The zero-order valence-electron chi connectivity index (χ0n) is 15.2. The molecule has 2 N–H and O–H groups in total. The molecule has 28 heavy (non-hydrogen) atoms. The van der Waals surface area contributed by atoms with Crippen molar-refractivity contribution in [2.24, 2.45) is 0 Å². The second-order valence-electron chi connectivity index (χ2n) is 6.38. The summed E-state index contributed by atoms with van der Waals surface area (Å²) in [5, 5.41) is 30.2. The lowest BCUT2D eigenvalue weighted by atomic mass is 10.0. The second kappa shape index (κ2) is 7.44. The molecule has 0 unspecified atom stereocenters. The van der Waals surface area contributed by atoms with Crippen LogP contribution in [0, 0.1) is 0 Å². The smallest absolute Gasteiger partial charge is 0.159 e. The van der Waals surface area contributed by atoms with Gasteiger partial charge in [0.15, 0.2) is 11.5 Å². The number of hydrogen-bond acceptors (Lipinski definition) is 6. The van der Waals surface area contributed by atoms with E-state index in [9.17, 15) is 10.2 Å². The molecule has 3 aromatic carbocycles. The number of aromatic hydroxyl groups is 2. The highest BCUT2D eigenvalue weighted by Crippen LogP contribution is 2.36. The molecule has 0 amide bonds. The highest BCUT2D eigenvalue weighted by molar-refractivity contribution is 7.80. The molecule has 0 atom stereocenters. The van der Waals surface area contributed by atoms with Crippen molar-refractivity contribution in [3.63, 3.8) is 0 Å². The van der Waals surface area contributed by atoms with Crippen molar-refractivity contribution in [2.45, 2.75) is 18.4 Å². The molecule has 7 heteroatoms. The van der Waals surface area contributed by atoms with Gasteiger partial charge >= 0.3 is 0 Å². The Bertz CT molecular complexity index is 1160. The Hall–Kier alpha value is -3.19. The van der Waals surface area contributed by atoms with Crippen LogP contribution in [0.3, 0.4) is 0 Å². The molecular weight excluding hydrogens is 374 g/mol. The number of phenols is 2. The van der Waals surface area contributed by atoms with Gasteiger partial charge in [0, 0.05) is 11.6 Å². The standard InChI is InChI=1S/C21H19N3O3S/c1-2-10-27-15-7-8-16-13(11-15)4-3-5-17(16)20-21(28)22-23-24(20)14-6-9-18(25)19(26)12-14/h3-9,11-12,25-26,28H,2,10H2,1H3. The lowest BCUT2D eigenvalue weighted by molar-refractivity contribution is 0.318. The first kappa shape index (κ1) is 18.2. The van der Waals surface area contributed by atoms with Crippen molar-refractivity contribution in [2.75, 3.05) is 6.61 Å². The maximum absolute atomic E-state index is 9.86. The van der Waals surface area contributed by atoms with Crippen LogP contribution in [0.15, 0.2) is 59.6 Å². The van der Waals surface area contributed by atoms with Gasteiger partial charge in [-0.05, 0) is 41.5 Å². The Balaban J connectivity index is 1.86. The van der Waals surface area contributed by atoms with E-state index in [1.807, 2.05) is 36.4 Å². The van der Waals surface area contributed by atoms with Crippen molar-refractivity contribution in [1.29, 1.82) is 0 Å². The van der Waals surface area contributed by atoms with Gasteiger partial charge in [0.25, 0.3) is 0 Å². The minimum atomic E-state index is -0.227. The average Bonchev–Trinajstić information content (AvgIpc) is 3.09. The Kier molecular flexibility index (Phi) is 4.83. The fourth-order valence-corrected chi connectivity index (χ4v) is 3.37. The van der Waals surface area contributed by atoms with Gasteiger partial charge < -0.3 is 14.9 Å². The Morgan fingerprint density at radius 2 is 1.89 bits per heavy atom. The Morgan fingerprint density at radius 1 is 1.04 bits per heavy atom. The number of phenolic OH excluding ortho intramolecular Hbond substituents is 2. The maximum atomic E-state index is 9.86. The van der Waals surface area contributed by atoms with Crippen LogP contribution < -0.4 is 4.74 Å². The van der Waals surface area contributed by atoms with E-state index in [-0.39, 0.29) is 11.5 Å². The molecule has 0 saturated carbocycles. The fourth-order valence-electron chi connectivity index (χ4n) is 3.11. The number of benzene rings is 3. The van der Waals surface area contributed by atoms with Gasteiger partial charge in [-0.2, -0.15) is 0 Å². The molecule has 0 spiro atoms. The number of aromatic nitrogens is 3. The van der Waals surface area contributed by atoms with Gasteiger partial charge in [0.05, 0.1) is 12.3 Å². The van der Waals surface area contributed by atoms with Gasteiger partial charge in [0.1, 0.15) is 16.5 Å². The minimum absolute atomic E-state index is 0.193. The largest absolute Gasteiger partial charge is 0.504 e. The quantitative estimate of drug-likeness (QED) is 0.342. The van der Waals surface area contributed by atoms with Gasteiger partial charge in [-0.25, -0.2) is 4.68 Å². The van der Waals surface area contributed by atoms with E-state index < -0.39 is 0 Å². The predicted molar refractivity (Wildman–Crippen MR) is 111 cm³/mol. The number of fused-ring (bicyclic) bond motifs is 1. The lowest BCUT2D eigenvalue weighted by Gasteiger charge is -2.12. The molecule has 4 aromatic rings. The van der Waals surface area contributed by atoms with Crippen molar-refractivity contribution in [3.05, 3.63) is 54.6 Å². The van der Waals surface area contributed by atoms with Crippen LogP contribution in [0.5, 0.6) is 17.2 Å². The van der Waals surface area contributed by atoms with E-state index in [1.165, 1.54) is 12.1 Å². The molecule has 0 bridgehead atoms. The van der Waals surface area contributed by atoms with Crippen LogP contribution in [-0.2, 0) is 0 Å².